The van der Waals surface area contributed by atoms with Crippen LogP contribution >= 0.6 is 22.9 Å². The largest absolute Gasteiger partial charge is 0.313 e. The van der Waals surface area contributed by atoms with Crippen LogP contribution in [-0.4, -0.2) is 19.9 Å². The Bertz CT molecular complexity index is 729. The smallest absolute Gasteiger partial charge is 0.265 e. The molecule has 5 nitrogen and oxygen atoms in total. The van der Waals surface area contributed by atoms with Gasteiger partial charge >= 0.3 is 0 Å². The molecule has 2 rings (SSSR count). The number of thiazole rings is 1. The van der Waals surface area contributed by atoms with Crippen LogP contribution in [0.15, 0.2) is 29.3 Å². The van der Waals surface area contributed by atoms with Crippen molar-refractivity contribution in [2.45, 2.75) is 25.3 Å². The zero-order valence-electron chi connectivity index (χ0n) is 11.7. The SMILES string of the molecule is CCNCc1ccc(Cl)c(S(=O)(=O)Nc2ncc(C)s2)c1. The first kappa shape index (κ1) is 16.2. The molecule has 0 amide bonds. The summed E-state index contributed by atoms with van der Waals surface area (Å²) in [4.78, 5) is 4.99. The second-order valence-corrected chi connectivity index (χ2v) is 7.72. The number of hydrogen-bond acceptors (Lipinski definition) is 5. The molecule has 8 heteroatoms. The van der Waals surface area contributed by atoms with Crippen LogP contribution in [0.25, 0.3) is 0 Å². The number of nitrogens with zero attached hydrogens (tertiary/aromatic N) is 1. The van der Waals surface area contributed by atoms with Gasteiger partial charge in [-0.25, -0.2) is 13.4 Å². The van der Waals surface area contributed by atoms with Gasteiger partial charge in [0.15, 0.2) is 5.13 Å². The minimum Gasteiger partial charge on any atom is -0.313 e. The van der Waals surface area contributed by atoms with E-state index in [1.807, 2.05) is 13.8 Å². The normalized spacial score (nSPS) is 11.6. The Morgan fingerprint density at radius 2 is 2.14 bits per heavy atom. The predicted octanol–water partition coefficient (Wildman–Crippen LogP) is 3.02. The molecular weight excluding hydrogens is 330 g/mol. The highest BCUT2D eigenvalue weighted by molar-refractivity contribution is 7.93. The van der Waals surface area contributed by atoms with Crippen LogP contribution in [0.2, 0.25) is 5.02 Å². The van der Waals surface area contributed by atoms with Gasteiger partial charge in [-0.05, 0) is 31.2 Å². The molecule has 0 aliphatic carbocycles. The van der Waals surface area contributed by atoms with Crippen molar-refractivity contribution < 1.29 is 8.42 Å². The van der Waals surface area contributed by atoms with E-state index in [2.05, 4.69) is 15.0 Å². The average Bonchev–Trinajstić information content (AvgIpc) is 2.82. The van der Waals surface area contributed by atoms with Crippen LogP contribution in [0.1, 0.15) is 17.4 Å². The topological polar surface area (TPSA) is 71.1 Å². The second kappa shape index (κ2) is 6.74. The third-order valence-corrected chi connectivity index (χ3v) is 5.49. The van der Waals surface area contributed by atoms with Gasteiger partial charge in [0.2, 0.25) is 0 Å². The molecule has 2 aromatic rings. The minimum absolute atomic E-state index is 0.0624. The summed E-state index contributed by atoms with van der Waals surface area (Å²) in [6, 6.07) is 4.97. The van der Waals surface area contributed by atoms with Crippen molar-refractivity contribution in [1.29, 1.82) is 0 Å². The Morgan fingerprint density at radius 3 is 2.76 bits per heavy atom. The van der Waals surface area contributed by atoms with Crippen molar-refractivity contribution in [3.63, 3.8) is 0 Å². The van der Waals surface area contributed by atoms with Gasteiger partial charge in [0, 0.05) is 17.6 Å². The molecule has 114 valence electrons. The first-order valence-corrected chi connectivity index (χ1v) is 9.04. The molecule has 0 saturated carbocycles. The zero-order chi connectivity index (χ0) is 15.5. The van der Waals surface area contributed by atoms with Crippen LogP contribution < -0.4 is 10.0 Å². The molecule has 0 radical (unpaired) electrons. The van der Waals surface area contributed by atoms with Gasteiger partial charge in [0.1, 0.15) is 4.90 Å². The van der Waals surface area contributed by atoms with Gasteiger partial charge in [-0.1, -0.05) is 24.6 Å². The van der Waals surface area contributed by atoms with Crippen LogP contribution in [0.5, 0.6) is 0 Å². The van der Waals surface area contributed by atoms with Gasteiger partial charge in [-0.15, -0.1) is 11.3 Å². The molecule has 0 atom stereocenters. The number of benzene rings is 1. The Kier molecular flexibility index (Phi) is 5.21. The van der Waals surface area contributed by atoms with E-state index >= 15 is 0 Å². The highest BCUT2D eigenvalue weighted by Gasteiger charge is 2.20. The molecule has 0 aliphatic rings. The summed E-state index contributed by atoms with van der Waals surface area (Å²) >= 11 is 7.31. The second-order valence-electron chi connectivity index (χ2n) is 4.43. The molecule has 0 fully saturated rings. The zero-order valence-corrected chi connectivity index (χ0v) is 14.1. The lowest BCUT2D eigenvalue weighted by atomic mass is 10.2. The van der Waals surface area contributed by atoms with Gasteiger partial charge < -0.3 is 5.32 Å². The van der Waals surface area contributed by atoms with Gasteiger partial charge in [-0.3, -0.25) is 4.72 Å². The Balaban J connectivity index is 2.30. The molecule has 0 unspecified atom stereocenters. The summed E-state index contributed by atoms with van der Waals surface area (Å²) in [5.41, 5.74) is 0.858. The molecular formula is C13H16ClN3O2S2. The van der Waals surface area contributed by atoms with E-state index in [4.69, 9.17) is 11.6 Å². The highest BCUT2D eigenvalue weighted by Crippen LogP contribution is 2.26. The Morgan fingerprint density at radius 1 is 1.38 bits per heavy atom. The number of rotatable bonds is 6. The van der Waals surface area contributed by atoms with E-state index in [-0.39, 0.29) is 9.92 Å². The molecule has 0 saturated heterocycles. The third-order valence-electron chi connectivity index (χ3n) is 2.71. The first-order chi connectivity index (χ1) is 9.92. The maximum atomic E-state index is 12.4. The summed E-state index contributed by atoms with van der Waals surface area (Å²) < 4.78 is 27.3. The van der Waals surface area contributed by atoms with E-state index in [1.165, 1.54) is 11.3 Å². The molecule has 1 aromatic carbocycles. The van der Waals surface area contributed by atoms with Crippen molar-refractivity contribution in [3.05, 3.63) is 39.9 Å². The molecule has 1 aromatic heterocycles. The Labute approximate surface area is 133 Å². The van der Waals surface area contributed by atoms with E-state index < -0.39 is 10.0 Å². The fourth-order valence-electron chi connectivity index (χ4n) is 1.70. The maximum absolute atomic E-state index is 12.4. The fraction of sp³-hybridized carbons (Fsp3) is 0.308. The quantitative estimate of drug-likeness (QED) is 0.844. The summed E-state index contributed by atoms with van der Waals surface area (Å²) in [6.45, 7) is 5.24. The van der Waals surface area contributed by atoms with Crippen molar-refractivity contribution >= 4 is 38.1 Å². The minimum atomic E-state index is -3.74. The van der Waals surface area contributed by atoms with E-state index in [1.54, 1.807) is 24.4 Å². The summed E-state index contributed by atoms with van der Waals surface area (Å²) in [5.74, 6) is 0. The molecule has 21 heavy (non-hydrogen) atoms. The van der Waals surface area contributed by atoms with E-state index in [0.29, 0.717) is 11.7 Å². The van der Waals surface area contributed by atoms with Gasteiger partial charge in [0.05, 0.1) is 5.02 Å². The van der Waals surface area contributed by atoms with Crippen molar-refractivity contribution in [2.75, 3.05) is 11.3 Å². The standard InChI is InChI=1S/C13H16ClN3O2S2/c1-3-15-8-10-4-5-11(14)12(6-10)21(18,19)17-13-16-7-9(2)20-13/h4-7,15H,3,8H2,1-2H3,(H,16,17). The summed E-state index contributed by atoms with van der Waals surface area (Å²) in [6.07, 6.45) is 1.62. The van der Waals surface area contributed by atoms with Crippen molar-refractivity contribution in [1.82, 2.24) is 10.3 Å². The fourth-order valence-corrected chi connectivity index (χ4v) is 4.16. The molecule has 1 heterocycles. The number of anilines is 1. The molecule has 2 N–H and O–H groups in total. The van der Waals surface area contributed by atoms with Crippen LogP contribution in [-0.2, 0) is 16.6 Å². The number of hydrogen-bond donors (Lipinski definition) is 2. The molecule has 0 bridgehead atoms. The lowest BCUT2D eigenvalue weighted by Gasteiger charge is -2.09. The van der Waals surface area contributed by atoms with Crippen molar-refractivity contribution in [3.8, 4) is 0 Å². The summed E-state index contributed by atoms with van der Waals surface area (Å²) in [5, 5.41) is 3.67. The predicted molar refractivity (Wildman–Crippen MR) is 86.5 cm³/mol. The monoisotopic (exact) mass is 345 g/mol. The summed E-state index contributed by atoms with van der Waals surface area (Å²) in [7, 11) is -3.74. The average molecular weight is 346 g/mol. The Hall–Kier alpha value is -1.15. The molecule has 0 spiro atoms. The lowest BCUT2D eigenvalue weighted by molar-refractivity contribution is 0.601. The maximum Gasteiger partial charge on any atom is 0.265 e. The number of aromatic nitrogens is 1. The first-order valence-electron chi connectivity index (χ1n) is 6.37. The van der Waals surface area contributed by atoms with Crippen LogP contribution in [0, 0.1) is 6.92 Å². The van der Waals surface area contributed by atoms with Crippen LogP contribution in [0.4, 0.5) is 5.13 Å². The van der Waals surface area contributed by atoms with Gasteiger partial charge in [0.25, 0.3) is 10.0 Å². The number of aryl methyl sites for hydroxylation is 1. The van der Waals surface area contributed by atoms with E-state index in [0.717, 1.165) is 17.0 Å². The molecule has 0 aliphatic heterocycles. The van der Waals surface area contributed by atoms with Crippen molar-refractivity contribution in [2.24, 2.45) is 0 Å². The van der Waals surface area contributed by atoms with E-state index in [9.17, 15) is 8.42 Å². The lowest BCUT2D eigenvalue weighted by Crippen LogP contribution is -2.15. The number of nitrogens with one attached hydrogen (secondary N) is 2. The van der Waals surface area contributed by atoms with Crippen LogP contribution in [0.3, 0.4) is 0 Å². The third kappa shape index (κ3) is 4.16. The van der Waals surface area contributed by atoms with Gasteiger partial charge in [-0.2, -0.15) is 0 Å². The number of halogens is 1. The number of sulfonamides is 1. The highest BCUT2D eigenvalue weighted by atomic mass is 35.5.